The third kappa shape index (κ3) is 5.86. The first kappa shape index (κ1) is 26.7. The number of benzene rings is 4. The molecular weight excluding hydrogens is 528 g/mol. The first-order chi connectivity index (χ1) is 20.2. The number of aromatic nitrogens is 4. The van der Waals surface area contributed by atoms with Gasteiger partial charge in [0.1, 0.15) is 5.82 Å². The van der Waals surface area contributed by atoms with Crippen LogP contribution in [0.2, 0.25) is 5.02 Å². The van der Waals surface area contributed by atoms with Gasteiger partial charge in [0.2, 0.25) is 5.82 Å². The van der Waals surface area contributed by atoms with E-state index in [0.717, 1.165) is 58.0 Å². The zero-order valence-corrected chi connectivity index (χ0v) is 23.8. The first-order valence-corrected chi connectivity index (χ1v) is 14.5. The molecule has 4 aromatic carbocycles. The van der Waals surface area contributed by atoms with Crippen LogP contribution >= 0.6 is 11.6 Å². The van der Waals surface area contributed by atoms with Crippen molar-refractivity contribution < 1.29 is 4.52 Å². The second-order valence-electron chi connectivity index (χ2n) is 10.1. The highest BCUT2D eigenvalue weighted by molar-refractivity contribution is 6.30. The maximum Gasteiger partial charge on any atom is 0.258 e. The molecule has 2 heterocycles. The fraction of sp³-hybridized carbons (Fsp3) is 0.171. The van der Waals surface area contributed by atoms with Crippen LogP contribution in [0.25, 0.3) is 56.7 Å². The van der Waals surface area contributed by atoms with Crippen molar-refractivity contribution in [3.8, 4) is 56.7 Å². The van der Waals surface area contributed by atoms with E-state index >= 15 is 0 Å². The SMILES string of the molecule is CCCCCCn1c(-c2ccc(-c3nc(-c4ccc(Cl)cc4)no3)cc2)nc(-c2ccccc2)c1-c1ccccc1. The number of hydrogen-bond acceptors (Lipinski definition) is 4. The largest absolute Gasteiger partial charge is 0.334 e. The molecule has 0 bridgehead atoms. The van der Waals surface area contributed by atoms with Crippen molar-refractivity contribution in [2.45, 2.75) is 39.2 Å². The minimum Gasteiger partial charge on any atom is -0.334 e. The van der Waals surface area contributed by atoms with Crippen molar-refractivity contribution in [3.05, 3.63) is 114 Å². The lowest BCUT2D eigenvalue weighted by Gasteiger charge is -2.14. The Morgan fingerprint density at radius 3 is 1.95 bits per heavy atom. The number of hydrogen-bond donors (Lipinski definition) is 0. The van der Waals surface area contributed by atoms with Gasteiger partial charge >= 0.3 is 0 Å². The quantitative estimate of drug-likeness (QED) is 0.157. The highest BCUT2D eigenvalue weighted by Gasteiger charge is 2.21. The normalized spacial score (nSPS) is 11.2. The number of rotatable bonds is 10. The summed E-state index contributed by atoms with van der Waals surface area (Å²) < 4.78 is 8.00. The van der Waals surface area contributed by atoms with Crippen molar-refractivity contribution >= 4 is 11.6 Å². The van der Waals surface area contributed by atoms with Gasteiger partial charge in [-0.1, -0.05) is 116 Å². The van der Waals surface area contributed by atoms with Gasteiger partial charge in [-0.05, 0) is 42.8 Å². The van der Waals surface area contributed by atoms with Gasteiger partial charge in [0.15, 0.2) is 0 Å². The predicted octanol–water partition coefficient (Wildman–Crippen LogP) is 9.83. The van der Waals surface area contributed by atoms with Gasteiger partial charge in [-0.2, -0.15) is 4.98 Å². The third-order valence-electron chi connectivity index (χ3n) is 7.22. The summed E-state index contributed by atoms with van der Waals surface area (Å²) in [5, 5.41) is 4.84. The highest BCUT2D eigenvalue weighted by atomic mass is 35.5. The lowest BCUT2D eigenvalue weighted by Crippen LogP contribution is -2.03. The van der Waals surface area contributed by atoms with Gasteiger partial charge in [-0.3, -0.25) is 0 Å². The second kappa shape index (κ2) is 12.4. The van der Waals surface area contributed by atoms with Crippen LogP contribution in [0.15, 0.2) is 114 Å². The Balaban J connectivity index is 1.40. The first-order valence-electron chi connectivity index (χ1n) is 14.1. The lowest BCUT2D eigenvalue weighted by atomic mass is 10.0. The Hall–Kier alpha value is -4.48. The van der Waals surface area contributed by atoms with Gasteiger partial charge in [0, 0.05) is 39.4 Å². The second-order valence-corrected chi connectivity index (χ2v) is 10.5. The van der Waals surface area contributed by atoms with E-state index in [9.17, 15) is 0 Å². The Labute approximate surface area is 245 Å². The summed E-state index contributed by atoms with van der Waals surface area (Å²) in [5.41, 5.74) is 7.17. The Bertz CT molecular complexity index is 1710. The average molecular weight is 559 g/mol. The van der Waals surface area contributed by atoms with E-state index in [0.29, 0.717) is 16.7 Å². The number of unbranched alkanes of at least 4 members (excludes halogenated alkanes) is 3. The van der Waals surface area contributed by atoms with Crippen molar-refractivity contribution in [2.24, 2.45) is 0 Å². The van der Waals surface area contributed by atoms with Crippen LogP contribution in [0, 0.1) is 0 Å². The van der Waals surface area contributed by atoms with Crippen LogP contribution in [0.1, 0.15) is 32.6 Å². The zero-order valence-electron chi connectivity index (χ0n) is 23.0. The molecule has 0 atom stereocenters. The highest BCUT2D eigenvalue weighted by Crippen LogP contribution is 2.37. The van der Waals surface area contributed by atoms with E-state index in [1.54, 1.807) is 0 Å². The zero-order chi connectivity index (χ0) is 28.0. The van der Waals surface area contributed by atoms with E-state index in [2.05, 4.69) is 88.4 Å². The monoisotopic (exact) mass is 558 g/mol. The molecule has 0 fully saturated rings. The topological polar surface area (TPSA) is 56.7 Å². The van der Waals surface area contributed by atoms with Crippen molar-refractivity contribution in [2.75, 3.05) is 0 Å². The van der Waals surface area contributed by atoms with E-state index in [1.807, 2.05) is 42.5 Å². The number of nitrogens with zero attached hydrogens (tertiary/aromatic N) is 4. The number of halogens is 1. The molecular formula is C35H31ClN4O. The molecule has 5 nitrogen and oxygen atoms in total. The summed E-state index contributed by atoms with van der Waals surface area (Å²) >= 11 is 6.03. The molecule has 0 aliphatic rings. The summed E-state index contributed by atoms with van der Waals surface area (Å²) in [6.45, 7) is 3.14. The molecule has 0 aliphatic carbocycles. The van der Waals surface area contributed by atoms with Gasteiger partial charge in [0.05, 0.1) is 11.4 Å². The Kier molecular flexibility index (Phi) is 8.06. The summed E-state index contributed by atoms with van der Waals surface area (Å²) in [6.07, 6.45) is 4.72. The molecule has 2 aromatic heterocycles. The molecule has 0 radical (unpaired) electrons. The van der Waals surface area contributed by atoms with Gasteiger partial charge in [0.25, 0.3) is 5.89 Å². The average Bonchev–Trinajstić information content (AvgIpc) is 3.67. The molecule has 0 spiro atoms. The molecule has 41 heavy (non-hydrogen) atoms. The molecule has 6 rings (SSSR count). The van der Waals surface area contributed by atoms with Crippen LogP contribution in [-0.2, 0) is 6.54 Å². The standard InChI is InChI=1S/C35H31ClN4O/c1-2-3-4-11-24-40-32(26-14-9-6-10-15-26)31(25-12-7-5-8-13-25)37-34(40)28-16-18-29(19-17-28)35-38-33(39-41-35)27-20-22-30(36)23-21-27/h5-10,12-23H,2-4,11,24H2,1H3. The summed E-state index contributed by atoms with van der Waals surface area (Å²) in [6, 6.07) is 36.7. The predicted molar refractivity (Wildman–Crippen MR) is 166 cm³/mol. The van der Waals surface area contributed by atoms with Crippen LogP contribution in [0.3, 0.4) is 0 Å². The molecule has 0 saturated carbocycles. The van der Waals surface area contributed by atoms with Crippen LogP contribution in [-0.4, -0.2) is 19.7 Å². The fourth-order valence-corrected chi connectivity index (χ4v) is 5.22. The van der Waals surface area contributed by atoms with Gasteiger partial charge in [-0.25, -0.2) is 4.98 Å². The van der Waals surface area contributed by atoms with Crippen molar-refractivity contribution in [1.82, 2.24) is 19.7 Å². The van der Waals surface area contributed by atoms with Crippen LogP contribution in [0.4, 0.5) is 0 Å². The molecule has 6 heteroatoms. The smallest absolute Gasteiger partial charge is 0.258 e. The third-order valence-corrected chi connectivity index (χ3v) is 7.47. The van der Waals surface area contributed by atoms with Crippen molar-refractivity contribution in [3.63, 3.8) is 0 Å². The molecule has 0 amide bonds. The van der Waals surface area contributed by atoms with Crippen LogP contribution in [0.5, 0.6) is 0 Å². The molecule has 0 saturated heterocycles. The Morgan fingerprint density at radius 2 is 1.27 bits per heavy atom. The van der Waals surface area contributed by atoms with Gasteiger partial charge < -0.3 is 9.09 Å². The minimum atomic E-state index is 0.472. The summed E-state index contributed by atoms with van der Waals surface area (Å²) in [7, 11) is 0. The molecule has 6 aromatic rings. The van der Waals surface area contributed by atoms with E-state index in [1.165, 1.54) is 19.3 Å². The van der Waals surface area contributed by atoms with E-state index < -0.39 is 0 Å². The van der Waals surface area contributed by atoms with Gasteiger partial charge in [-0.15, -0.1) is 0 Å². The maximum atomic E-state index is 6.03. The molecule has 204 valence electrons. The fourth-order valence-electron chi connectivity index (χ4n) is 5.09. The van der Waals surface area contributed by atoms with E-state index in [4.69, 9.17) is 21.1 Å². The van der Waals surface area contributed by atoms with Crippen LogP contribution < -0.4 is 0 Å². The molecule has 0 aliphatic heterocycles. The minimum absolute atomic E-state index is 0.472. The number of imidazole rings is 1. The van der Waals surface area contributed by atoms with Crippen molar-refractivity contribution in [1.29, 1.82) is 0 Å². The lowest BCUT2D eigenvalue weighted by molar-refractivity contribution is 0.432. The molecule has 0 unspecified atom stereocenters. The van der Waals surface area contributed by atoms with E-state index in [-0.39, 0.29) is 0 Å². The maximum absolute atomic E-state index is 6.03. The summed E-state index contributed by atoms with van der Waals surface area (Å²) in [5.74, 6) is 1.96. The Morgan fingerprint density at radius 1 is 0.634 bits per heavy atom. The summed E-state index contributed by atoms with van der Waals surface area (Å²) in [4.78, 5) is 9.89. The molecule has 0 N–H and O–H groups in total.